The Balaban J connectivity index is 1.44. The third-order valence-corrected chi connectivity index (χ3v) is 4.94. The Kier molecular flexibility index (Phi) is 3.98. The van der Waals surface area contributed by atoms with Gasteiger partial charge in [-0.25, -0.2) is 4.98 Å². The number of hydrogen-bond donors (Lipinski definition) is 0. The van der Waals surface area contributed by atoms with Crippen molar-refractivity contribution in [3.8, 4) is 0 Å². The lowest BCUT2D eigenvalue weighted by molar-refractivity contribution is -0.0257. The second-order valence-electron chi connectivity index (χ2n) is 6.82. The van der Waals surface area contributed by atoms with Gasteiger partial charge in [0.2, 0.25) is 0 Å². The highest BCUT2D eigenvalue weighted by atomic mass is 16.5. The van der Waals surface area contributed by atoms with Crippen LogP contribution in [0, 0.1) is 6.92 Å². The third-order valence-electron chi connectivity index (χ3n) is 4.94. The molecule has 1 amide bonds. The van der Waals surface area contributed by atoms with Crippen molar-refractivity contribution in [2.24, 2.45) is 0 Å². The number of rotatable bonds is 2. The molecule has 0 spiro atoms. The minimum Gasteiger partial charge on any atom is -0.368 e. The fourth-order valence-corrected chi connectivity index (χ4v) is 3.58. The summed E-state index contributed by atoms with van der Waals surface area (Å²) in [5.74, 6) is 0.504. The highest BCUT2D eigenvalue weighted by Gasteiger charge is 2.28. The summed E-state index contributed by atoms with van der Waals surface area (Å²) < 4.78 is 7.63. The number of nitrogens with zero attached hydrogens (tertiary/aromatic N) is 6. The molecule has 1 aliphatic rings. The summed E-state index contributed by atoms with van der Waals surface area (Å²) in [6, 6.07) is 11.4. The number of aryl methyl sites for hydroxylation is 1. The molecule has 0 N–H and O–H groups in total. The molecule has 8 nitrogen and oxygen atoms in total. The number of pyridine rings is 1. The number of fused-ring (bicyclic) bond motifs is 2. The minimum absolute atomic E-state index is 0.0264. The van der Waals surface area contributed by atoms with Crippen molar-refractivity contribution in [2.45, 2.75) is 13.0 Å². The van der Waals surface area contributed by atoms with Crippen LogP contribution in [0.4, 0.5) is 0 Å². The lowest BCUT2D eigenvalue weighted by Crippen LogP contribution is -2.42. The number of aromatic nitrogens is 5. The summed E-state index contributed by atoms with van der Waals surface area (Å²) in [5, 5.41) is 5.26. The van der Waals surface area contributed by atoms with Gasteiger partial charge in [0.05, 0.1) is 24.4 Å². The second kappa shape index (κ2) is 6.65. The predicted octanol–water partition coefficient (Wildman–Crippen LogP) is 2.19. The molecule has 0 bridgehead atoms. The number of carbonyl (C=O) groups excluding carboxylic acids is 1. The lowest BCUT2D eigenvalue weighted by atomic mass is 10.1. The van der Waals surface area contributed by atoms with Crippen molar-refractivity contribution in [1.29, 1.82) is 0 Å². The summed E-state index contributed by atoms with van der Waals surface area (Å²) >= 11 is 0. The normalized spacial score (nSPS) is 17.3. The Labute approximate surface area is 160 Å². The van der Waals surface area contributed by atoms with Crippen molar-refractivity contribution in [3.63, 3.8) is 0 Å². The van der Waals surface area contributed by atoms with Gasteiger partial charge in [-0.2, -0.15) is 14.6 Å². The minimum atomic E-state index is -0.290. The molecule has 5 rings (SSSR count). The molecule has 1 aromatic carbocycles. The molecule has 28 heavy (non-hydrogen) atoms. The van der Waals surface area contributed by atoms with E-state index >= 15 is 0 Å². The van der Waals surface area contributed by atoms with Gasteiger partial charge in [-0.05, 0) is 31.2 Å². The molecule has 1 atom stereocenters. The summed E-state index contributed by atoms with van der Waals surface area (Å²) in [6.07, 6.45) is 2.91. The predicted molar refractivity (Wildman–Crippen MR) is 102 cm³/mol. The van der Waals surface area contributed by atoms with Gasteiger partial charge in [0.25, 0.3) is 11.7 Å². The number of carbonyl (C=O) groups is 1. The average Bonchev–Trinajstić information content (AvgIpc) is 3.20. The molecular weight excluding hydrogens is 356 g/mol. The first kappa shape index (κ1) is 16.8. The monoisotopic (exact) mass is 374 g/mol. The molecule has 4 aromatic rings. The standard InChI is InChI=1S/C20H18N6O2/c1-13-9-17(26-20(24-13)22-12-23-26)18-11-25(7-8-28-18)19(27)15-5-4-14-3-2-6-21-16(14)10-15/h2-6,9-10,12,18H,7-8,11H2,1H3. The maximum absolute atomic E-state index is 13.1. The smallest absolute Gasteiger partial charge is 0.254 e. The molecule has 0 saturated carbocycles. The maximum atomic E-state index is 13.1. The van der Waals surface area contributed by atoms with Crippen LogP contribution in [0.2, 0.25) is 0 Å². The van der Waals surface area contributed by atoms with E-state index in [1.165, 1.54) is 6.33 Å². The van der Waals surface area contributed by atoms with E-state index in [0.717, 1.165) is 22.3 Å². The summed E-state index contributed by atoms with van der Waals surface area (Å²) in [7, 11) is 0. The van der Waals surface area contributed by atoms with Crippen LogP contribution in [0.5, 0.6) is 0 Å². The molecule has 1 unspecified atom stereocenters. The lowest BCUT2D eigenvalue weighted by Gasteiger charge is -2.33. The van der Waals surface area contributed by atoms with E-state index in [0.29, 0.717) is 31.0 Å². The molecule has 3 aromatic heterocycles. The highest BCUT2D eigenvalue weighted by Crippen LogP contribution is 2.24. The van der Waals surface area contributed by atoms with Gasteiger partial charge >= 0.3 is 0 Å². The quantitative estimate of drug-likeness (QED) is 0.535. The van der Waals surface area contributed by atoms with Gasteiger partial charge in [0, 0.05) is 29.4 Å². The Morgan fingerprint density at radius 2 is 2.14 bits per heavy atom. The molecule has 0 radical (unpaired) electrons. The summed E-state index contributed by atoms with van der Waals surface area (Å²) in [6.45, 7) is 3.35. The third kappa shape index (κ3) is 2.87. The zero-order valence-electron chi connectivity index (χ0n) is 15.3. The van der Waals surface area contributed by atoms with Gasteiger partial charge in [-0.3, -0.25) is 9.78 Å². The molecule has 1 saturated heterocycles. The van der Waals surface area contributed by atoms with Crippen LogP contribution >= 0.6 is 0 Å². The maximum Gasteiger partial charge on any atom is 0.254 e. The number of morpholine rings is 1. The fraction of sp³-hybridized carbons (Fsp3) is 0.250. The van der Waals surface area contributed by atoms with Gasteiger partial charge in [-0.1, -0.05) is 12.1 Å². The van der Waals surface area contributed by atoms with Crippen LogP contribution < -0.4 is 0 Å². The molecule has 4 heterocycles. The molecule has 0 aliphatic carbocycles. The van der Waals surface area contributed by atoms with E-state index in [2.05, 4.69) is 20.1 Å². The number of hydrogen-bond acceptors (Lipinski definition) is 6. The Morgan fingerprint density at radius 1 is 1.21 bits per heavy atom. The van der Waals surface area contributed by atoms with Crippen LogP contribution in [0.15, 0.2) is 48.9 Å². The first-order chi connectivity index (χ1) is 13.7. The number of amides is 1. The number of ether oxygens (including phenoxy) is 1. The Hall–Kier alpha value is -3.39. The molecule has 1 fully saturated rings. The SMILES string of the molecule is Cc1cc(C2CN(C(=O)c3ccc4cccnc4c3)CCO2)n2ncnc2n1. The summed E-state index contributed by atoms with van der Waals surface area (Å²) in [5.41, 5.74) is 3.12. The first-order valence-corrected chi connectivity index (χ1v) is 9.12. The largest absolute Gasteiger partial charge is 0.368 e. The van der Waals surface area contributed by atoms with Crippen LogP contribution in [0.3, 0.4) is 0 Å². The second-order valence-corrected chi connectivity index (χ2v) is 6.82. The highest BCUT2D eigenvalue weighted by molar-refractivity contribution is 5.97. The number of benzene rings is 1. The fourth-order valence-electron chi connectivity index (χ4n) is 3.58. The summed E-state index contributed by atoms with van der Waals surface area (Å²) in [4.78, 5) is 27.8. The van der Waals surface area contributed by atoms with Crippen molar-refractivity contribution in [2.75, 3.05) is 19.7 Å². The first-order valence-electron chi connectivity index (χ1n) is 9.12. The van der Waals surface area contributed by atoms with Gasteiger partial charge in [0.15, 0.2) is 0 Å². The van der Waals surface area contributed by atoms with E-state index in [4.69, 9.17) is 4.74 Å². The molecule has 8 heteroatoms. The van der Waals surface area contributed by atoms with Crippen molar-refractivity contribution >= 4 is 22.6 Å². The van der Waals surface area contributed by atoms with Crippen LogP contribution in [-0.4, -0.2) is 55.1 Å². The van der Waals surface area contributed by atoms with Crippen LogP contribution in [0.1, 0.15) is 27.8 Å². The van der Waals surface area contributed by atoms with Gasteiger partial charge < -0.3 is 9.64 Å². The Bertz CT molecular complexity index is 1190. The Morgan fingerprint density at radius 3 is 3.07 bits per heavy atom. The van der Waals surface area contributed by atoms with E-state index in [9.17, 15) is 4.79 Å². The van der Waals surface area contributed by atoms with E-state index in [1.54, 1.807) is 10.7 Å². The van der Waals surface area contributed by atoms with Crippen molar-refractivity contribution < 1.29 is 9.53 Å². The van der Waals surface area contributed by atoms with Crippen molar-refractivity contribution in [1.82, 2.24) is 29.5 Å². The van der Waals surface area contributed by atoms with Crippen molar-refractivity contribution in [3.05, 3.63) is 65.9 Å². The van der Waals surface area contributed by atoms with Gasteiger partial charge in [-0.15, -0.1) is 0 Å². The molecule has 1 aliphatic heterocycles. The zero-order valence-corrected chi connectivity index (χ0v) is 15.3. The topological polar surface area (TPSA) is 85.5 Å². The molecule has 140 valence electrons. The van der Waals surface area contributed by atoms with Crippen LogP contribution in [-0.2, 0) is 4.74 Å². The molecular formula is C20H18N6O2. The van der Waals surface area contributed by atoms with E-state index in [-0.39, 0.29) is 12.0 Å². The van der Waals surface area contributed by atoms with E-state index in [1.807, 2.05) is 48.2 Å². The van der Waals surface area contributed by atoms with E-state index < -0.39 is 0 Å². The average molecular weight is 374 g/mol. The van der Waals surface area contributed by atoms with Crippen LogP contribution in [0.25, 0.3) is 16.7 Å². The van der Waals surface area contributed by atoms with Gasteiger partial charge in [0.1, 0.15) is 12.4 Å². The zero-order chi connectivity index (χ0) is 19.1.